The molecule has 0 unspecified atom stereocenters. The lowest BCUT2D eigenvalue weighted by Crippen LogP contribution is -2.42. The molecule has 6 heteroatoms. The number of aryl methyl sites for hydroxylation is 2. The van der Waals surface area contributed by atoms with Gasteiger partial charge in [0.2, 0.25) is 0 Å². The molecule has 1 aliphatic rings. The minimum absolute atomic E-state index is 0.128. The molecule has 0 aromatic heterocycles. The van der Waals surface area contributed by atoms with Crippen LogP contribution in [-0.2, 0) is 11.8 Å². The first-order chi connectivity index (χ1) is 21.8. The molecule has 3 aromatic carbocycles. The summed E-state index contributed by atoms with van der Waals surface area (Å²) in [6.45, 7) is 12.2. The van der Waals surface area contributed by atoms with Gasteiger partial charge in [-0.3, -0.25) is 14.8 Å². The second kappa shape index (κ2) is 16.9. The number of hydrogen-bond acceptors (Lipinski definition) is 6. The highest BCUT2D eigenvalue weighted by atomic mass is 16.5. The van der Waals surface area contributed by atoms with Gasteiger partial charge in [0.05, 0.1) is 0 Å². The smallest absolute Gasteiger partial charge is 0.150 e. The summed E-state index contributed by atoms with van der Waals surface area (Å²) < 4.78 is 6.26. The number of carbonyl (C=O) groups is 1. The van der Waals surface area contributed by atoms with Gasteiger partial charge < -0.3 is 15.4 Å². The summed E-state index contributed by atoms with van der Waals surface area (Å²) in [5.74, 6) is 0.911. The standard InChI is InChI=1S/C39H50N4O2/c1-29-25-35(18-12-31(29)28-44)43-36-26-38(27-36)45-37-19-15-33(16-20-37)39(2,3)32-13-9-30(10-14-32)11-17-34(41-5)21-24-42-23-8-6-7-22-40-4/h9-10,12-16,18-21,24-25,28,36,38,40,43H,5-8,11,17,22-23,26-27H2,1-4H3/b34-21-,42-24-/t36-,38+. The molecule has 1 aliphatic carbocycles. The molecule has 238 valence electrons. The number of nitrogens with zero attached hydrogens (tertiary/aromatic N) is 2. The number of allylic oxidation sites excluding steroid dienone is 2. The van der Waals surface area contributed by atoms with Gasteiger partial charge in [-0.2, -0.15) is 0 Å². The Morgan fingerprint density at radius 3 is 2.36 bits per heavy atom. The molecule has 0 spiro atoms. The number of unbranched alkanes of at least 4 members (excludes halogenated alkanes) is 2. The Labute approximate surface area is 270 Å². The van der Waals surface area contributed by atoms with Gasteiger partial charge in [0.1, 0.15) is 18.1 Å². The Hall–Kier alpha value is -4.03. The molecule has 4 rings (SSSR count). The van der Waals surface area contributed by atoms with Crippen molar-refractivity contribution in [3.63, 3.8) is 0 Å². The van der Waals surface area contributed by atoms with Gasteiger partial charge in [-0.15, -0.1) is 0 Å². The maximum Gasteiger partial charge on any atom is 0.150 e. The fraction of sp³-hybridized carbons (Fsp3) is 0.410. The highest BCUT2D eigenvalue weighted by Gasteiger charge is 2.31. The molecule has 6 nitrogen and oxygen atoms in total. The lowest BCUT2D eigenvalue weighted by atomic mass is 9.78. The topological polar surface area (TPSA) is 75.1 Å². The molecule has 0 saturated heterocycles. The van der Waals surface area contributed by atoms with E-state index in [1.165, 1.54) is 29.5 Å². The third-order valence-corrected chi connectivity index (χ3v) is 8.88. The van der Waals surface area contributed by atoms with Crippen LogP contribution in [0.3, 0.4) is 0 Å². The predicted octanol–water partition coefficient (Wildman–Crippen LogP) is 8.13. The van der Waals surface area contributed by atoms with Crippen molar-refractivity contribution in [2.45, 2.75) is 83.3 Å². The number of hydrogen-bond donors (Lipinski definition) is 2. The lowest BCUT2D eigenvalue weighted by molar-refractivity contribution is 0.108. The van der Waals surface area contributed by atoms with E-state index in [0.29, 0.717) is 6.04 Å². The zero-order valence-electron chi connectivity index (χ0n) is 27.5. The van der Waals surface area contributed by atoms with E-state index in [1.54, 1.807) is 0 Å². The zero-order valence-corrected chi connectivity index (χ0v) is 27.5. The summed E-state index contributed by atoms with van der Waals surface area (Å²) in [5, 5.41) is 6.74. The van der Waals surface area contributed by atoms with Gasteiger partial charge >= 0.3 is 0 Å². The highest BCUT2D eigenvalue weighted by Crippen LogP contribution is 2.34. The largest absolute Gasteiger partial charge is 0.490 e. The zero-order chi connectivity index (χ0) is 32.1. The van der Waals surface area contributed by atoms with Crippen LogP contribution in [0.4, 0.5) is 5.69 Å². The van der Waals surface area contributed by atoms with Gasteiger partial charge in [0.15, 0.2) is 0 Å². The van der Waals surface area contributed by atoms with E-state index in [1.807, 2.05) is 44.5 Å². The summed E-state index contributed by atoms with van der Waals surface area (Å²) in [5.41, 5.74) is 7.45. The number of benzene rings is 3. The molecule has 0 amide bonds. The molecule has 0 radical (unpaired) electrons. The summed E-state index contributed by atoms with van der Waals surface area (Å²) in [4.78, 5) is 19.8. The Balaban J connectivity index is 1.22. The number of aliphatic imine (C=N–C) groups is 2. The van der Waals surface area contributed by atoms with Crippen LogP contribution in [0, 0.1) is 6.92 Å². The van der Waals surface area contributed by atoms with Crippen LogP contribution in [0.5, 0.6) is 5.75 Å². The number of nitrogens with one attached hydrogen (secondary N) is 2. The van der Waals surface area contributed by atoms with Crippen LogP contribution in [-0.4, -0.2) is 51.5 Å². The fourth-order valence-electron chi connectivity index (χ4n) is 5.69. The molecule has 45 heavy (non-hydrogen) atoms. The Morgan fingerprint density at radius 1 is 1.00 bits per heavy atom. The molecule has 1 saturated carbocycles. The molecular formula is C39H50N4O2. The SMILES string of the molecule is C=N/C(=C\C=N/CCCCCNC)CCc1ccc(C(C)(C)c2ccc(O[C@H]3C[C@@H](Nc4ccc(C=O)c(C)c4)C3)cc2)cc1. The van der Waals surface area contributed by atoms with Crippen molar-refractivity contribution < 1.29 is 9.53 Å². The van der Waals surface area contributed by atoms with Crippen molar-refractivity contribution >= 4 is 24.9 Å². The van der Waals surface area contributed by atoms with Crippen LogP contribution in [0.25, 0.3) is 0 Å². The van der Waals surface area contributed by atoms with Crippen LogP contribution < -0.4 is 15.4 Å². The van der Waals surface area contributed by atoms with Gasteiger partial charge in [-0.1, -0.05) is 56.7 Å². The van der Waals surface area contributed by atoms with Crippen molar-refractivity contribution in [3.8, 4) is 5.75 Å². The van der Waals surface area contributed by atoms with E-state index in [4.69, 9.17) is 4.74 Å². The third-order valence-electron chi connectivity index (χ3n) is 8.88. The minimum atomic E-state index is -0.128. The van der Waals surface area contributed by atoms with E-state index >= 15 is 0 Å². The van der Waals surface area contributed by atoms with Crippen LogP contribution >= 0.6 is 0 Å². The summed E-state index contributed by atoms with van der Waals surface area (Å²) in [6, 6.07) is 23.8. The van der Waals surface area contributed by atoms with Crippen molar-refractivity contribution in [2.24, 2.45) is 9.98 Å². The molecule has 2 N–H and O–H groups in total. The van der Waals surface area contributed by atoms with Gasteiger partial charge in [0.25, 0.3) is 0 Å². The van der Waals surface area contributed by atoms with Crippen LogP contribution in [0.2, 0.25) is 0 Å². The van der Waals surface area contributed by atoms with Gasteiger partial charge in [-0.25, -0.2) is 0 Å². The second-order valence-electron chi connectivity index (χ2n) is 12.6. The summed E-state index contributed by atoms with van der Waals surface area (Å²) in [7, 11) is 1.99. The molecule has 1 fully saturated rings. The monoisotopic (exact) mass is 606 g/mol. The summed E-state index contributed by atoms with van der Waals surface area (Å²) in [6.07, 6.45) is 12.2. The van der Waals surface area contributed by atoms with E-state index in [2.05, 4.69) is 89.7 Å². The van der Waals surface area contributed by atoms with E-state index in [9.17, 15) is 4.79 Å². The minimum Gasteiger partial charge on any atom is -0.490 e. The lowest BCUT2D eigenvalue weighted by Gasteiger charge is -2.36. The number of rotatable bonds is 18. The number of anilines is 1. The second-order valence-corrected chi connectivity index (χ2v) is 12.6. The number of carbonyl (C=O) groups excluding carboxylic acids is 1. The summed E-state index contributed by atoms with van der Waals surface area (Å²) >= 11 is 0. The van der Waals surface area contributed by atoms with Crippen LogP contribution in [0.1, 0.15) is 85.0 Å². The number of ether oxygens (including phenoxy) is 1. The third kappa shape index (κ3) is 9.98. The predicted molar refractivity (Wildman–Crippen MR) is 190 cm³/mol. The molecule has 0 bridgehead atoms. The van der Waals surface area contributed by atoms with Crippen molar-refractivity contribution in [1.29, 1.82) is 0 Å². The first-order valence-corrected chi connectivity index (χ1v) is 16.3. The molecule has 0 heterocycles. The Morgan fingerprint density at radius 2 is 1.71 bits per heavy atom. The van der Waals surface area contributed by atoms with Crippen molar-refractivity contribution in [3.05, 3.63) is 106 Å². The number of aldehydes is 1. The maximum atomic E-state index is 11.1. The Kier molecular flexibility index (Phi) is 12.7. The molecule has 3 aromatic rings. The van der Waals surface area contributed by atoms with E-state index < -0.39 is 0 Å². The molecule has 0 aliphatic heterocycles. The van der Waals surface area contributed by atoms with Crippen LogP contribution in [0.15, 0.2) is 88.5 Å². The molecular weight excluding hydrogens is 556 g/mol. The van der Waals surface area contributed by atoms with Gasteiger partial charge in [0, 0.05) is 54.0 Å². The van der Waals surface area contributed by atoms with Crippen molar-refractivity contribution in [2.75, 3.05) is 25.5 Å². The van der Waals surface area contributed by atoms with E-state index in [0.717, 1.165) is 79.7 Å². The van der Waals surface area contributed by atoms with E-state index in [-0.39, 0.29) is 11.5 Å². The normalized spacial score (nSPS) is 16.8. The quantitative estimate of drug-likeness (QED) is 0.0871. The first-order valence-electron chi connectivity index (χ1n) is 16.3. The van der Waals surface area contributed by atoms with Crippen molar-refractivity contribution in [1.82, 2.24) is 5.32 Å². The van der Waals surface area contributed by atoms with Gasteiger partial charge in [-0.05, 0) is 112 Å². The maximum absolute atomic E-state index is 11.1. The Bertz CT molecular complexity index is 1430. The average molecular weight is 607 g/mol. The highest BCUT2D eigenvalue weighted by molar-refractivity contribution is 5.78. The first kappa shape index (κ1) is 33.9. The molecule has 0 atom stereocenters. The average Bonchev–Trinajstić information content (AvgIpc) is 3.03. The fourth-order valence-corrected chi connectivity index (χ4v) is 5.69.